The quantitative estimate of drug-likeness (QED) is 0.130. The molecule has 80 heavy (non-hydrogen) atoms. The lowest BCUT2D eigenvalue weighted by molar-refractivity contribution is 0.242. The molecule has 0 aliphatic heterocycles. The van der Waals surface area contributed by atoms with Gasteiger partial charge in [0.15, 0.2) is 0 Å². The molecule has 0 atom stereocenters. The lowest BCUT2D eigenvalue weighted by atomic mass is 10.0. The first-order chi connectivity index (χ1) is 37.9. The van der Waals surface area contributed by atoms with Gasteiger partial charge in [0.1, 0.15) is 23.1 Å². The first kappa shape index (κ1) is 69.7. The first-order valence-electron chi connectivity index (χ1n) is 28.3. The van der Waals surface area contributed by atoms with E-state index in [9.17, 15) is 4.39 Å². The van der Waals surface area contributed by atoms with Crippen molar-refractivity contribution in [3.63, 3.8) is 0 Å². The van der Waals surface area contributed by atoms with Crippen LogP contribution in [0, 0.1) is 24.1 Å². The molecule has 3 nitrogen and oxygen atoms in total. The zero-order valence-corrected chi connectivity index (χ0v) is 53.4. The van der Waals surface area contributed by atoms with E-state index in [1.54, 1.807) is 0 Å². The topological polar surface area (TPSA) is 42.2 Å². The van der Waals surface area contributed by atoms with Crippen molar-refractivity contribution in [3.05, 3.63) is 266 Å². The van der Waals surface area contributed by atoms with Crippen LogP contribution in [0.1, 0.15) is 202 Å². The van der Waals surface area contributed by atoms with Crippen LogP contribution in [0.4, 0.5) is 4.39 Å². The van der Waals surface area contributed by atoms with Crippen molar-refractivity contribution >= 4 is 27.5 Å². The van der Waals surface area contributed by atoms with Crippen molar-refractivity contribution < 1.29 is 13.9 Å². The largest absolute Gasteiger partial charge is 0.491 e. The van der Waals surface area contributed by atoms with Crippen molar-refractivity contribution in [2.24, 2.45) is 0 Å². The Balaban J connectivity index is 0.000000321. The van der Waals surface area contributed by atoms with Gasteiger partial charge < -0.3 is 9.47 Å². The molecular weight excluding hydrogens is 1070 g/mol. The Labute approximate surface area is 497 Å². The zero-order chi connectivity index (χ0) is 59.7. The summed E-state index contributed by atoms with van der Waals surface area (Å²) in [5.74, 6) is 6.62. The van der Waals surface area contributed by atoms with Gasteiger partial charge in [0.2, 0.25) is 0 Å². The molecule has 0 fully saturated rings. The molecule has 0 unspecified atom stereocenters. The second-order valence-corrected chi connectivity index (χ2v) is 23.5. The van der Waals surface area contributed by atoms with E-state index in [-0.39, 0.29) is 11.9 Å². The minimum Gasteiger partial charge on any atom is -0.491 e. The Kier molecular flexibility index (Phi) is 33.3. The van der Waals surface area contributed by atoms with Crippen LogP contribution in [0.5, 0.6) is 17.2 Å². The molecule has 8 aromatic carbocycles. The number of halogens is 3. The first-order valence-corrected chi connectivity index (χ1v) is 29.5. The molecule has 8 rings (SSSR count). The number of nitrogens with zero attached hydrogens (tertiary/aromatic N) is 1. The average Bonchev–Trinajstić information content (AvgIpc) is 3.43. The molecular formula is C74H92BrClFNO2. The van der Waals surface area contributed by atoms with Crippen molar-refractivity contribution in [3.8, 4) is 23.3 Å². The van der Waals surface area contributed by atoms with Gasteiger partial charge in [-0.25, -0.2) is 4.39 Å². The van der Waals surface area contributed by atoms with Gasteiger partial charge in [-0.2, -0.15) is 5.26 Å². The molecule has 0 saturated heterocycles. The molecule has 0 aliphatic carbocycles. The maximum atomic E-state index is 12.4. The number of aryl methyl sites for hydroxylation is 1. The highest BCUT2D eigenvalue weighted by atomic mass is 79.9. The molecule has 0 radical (unpaired) electrons. The van der Waals surface area contributed by atoms with Crippen LogP contribution >= 0.6 is 27.5 Å². The Morgan fingerprint density at radius 1 is 0.375 bits per heavy atom. The van der Waals surface area contributed by atoms with E-state index < -0.39 is 0 Å². The molecule has 0 amide bonds. The number of ether oxygens (including phenoxy) is 2. The van der Waals surface area contributed by atoms with Gasteiger partial charge in [-0.05, 0) is 186 Å². The minimum absolute atomic E-state index is 0.163. The van der Waals surface area contributed by atoms with Crippen LogP contribution in [-0.2, 0) is 0 Å². The number of benzene rings is 8. The molecule has 0 spiro atoms. The fourth-order valence-corrected chi connectivity index (χ4v) is 7.58. The smallest absolute Gasteiger partial charge is 0.127 e. The van der Waals surface area contributed by atoms with Gasteiger partial charge in [-0.1, -0.05) is 245 Å². The highest BCUT2D eigenvalue weighted by Gasteiger charge is 2.04. The summed E-state index contributed by atoms with van der Waals surface area (Å²) >= 11 is 9.11. The van der Waals surface area contributed by atoms with E-state index in [0.29, 0.717) is 41.4 Å². The molecule has 0 bridgehead atoms. The van der Waals surface area contributed by atoms with Crippen LogP contribution in [0.25, 0.3) is 0 Å². The van der Waals surface area contributed by atoms with Crippen molar-refractivity contribution in [1.29, 1.82) is 5.26 Å². The summed E-state index contributed by atoms with van der Waals surface area (Å²) in [7, 11) is 0. The van der Waals surface area contributed by atoms with E-state index in [0.717, 1.165) is 32.3 Å². The van der Waals surface area contributed by atoms with Crippen molar-refractivity contribution in [2.45, 2.75) is 165 Å². The second kappa shape index (κ2) is 38.2. The molecule has 0 N–H and O–H groups in total. The van der Waals surface area contributed by atoms with E-state index >= 15 is 0 Å². The molecule has 0 heterocycles. The van der Waals surface area contributed by atoms with Crippen LogP contribution in [-0.4, -0.2) is 6.10 Å². The highest BCUT2D eigenvalue weighted by molar-refractivity contribution is 9.10. The standard InChI is InChI=1S/C15H16O.C12H18O.C10H11N.C10H14.C9H11Br.C9H11Cl.C9H11F/c1-12(2)13-8-10-15(11-9-13)16-14-6-4-3-5-7-14;1-9(2)11-5-7-12(8-6-11)13-10(3)4;1-8(2)10-5-3-9(7-11)4-6-10;1-8(2)10-6-4-9(3)5-7-10;3*1-7(2)8-3-5-9(10)6-4-8/h3-12H,1-2H3;5-10H,1-4H3;3-6,8H,1-2H3;4-8H,1-3H3;3*3-7H,1-2H3. The van der Waals surface area contributed by atoms with Crippen LogP contribution < -0.4 is 9.47 Å². The zero-order valence-electron chi connectivity index (χ0n) is 51.1. The van der Waals surface area contributed by atoms with Gasteiger partial charge in [0.25, 0.3) is 0 Å². The predicted molar refractivity (Wildman–Crippen MR) is 348 cm³/mol. The van der Waals surface area contributed by atoms with Crippen molar-refractivity contribution in [2.75, 3.05) is 0 Å². The summed E-state index contributed by atoms with van der Waals surface area (Å²) in [6.07, 6.45) is 0.255. The minimum atomic E-state index is -0.163. The third kappa shape index (κ3) is 29.7. The molecule has 6 heteroatoms. The number of nitriles is 1. The SMILES string of the molecule is CC(C)Oc1ccc(C(C)C)cc1.CC(C)c1ccc(Br)cc1.CC(C)c1ccc(C#N)cc1.CC(C)c1ccc(Cl)cc1.CC(C)c1ccc(F)cc1.CC(C)c1ccc(Oc2ccccc2)cc1.Cc1ccc(C(C)C)cc1. The average molecular weight is 1160 g/mol. The van der Waals surface area contributed by atoms with E-state index in [4.69, 9.17) is 26.3 Å². The van der Waals surface area contributed by atoms with Crippen LogP contribution in [0.2, 0.25) is 5.02 Å². The van der Waals surface area contributed by atoms with Crippen LogP contribution in [0.15, 0.2) is 205 Å². The maximum Gasteiger partial charge on any atom is 0.127 e. The summed E-state index contributed by atoms with van der Waals surface area (Å²) < 4.78 is 24.8. The van der Waals surface area contributed by atoms with Gasteiger partial charge in [0, 0.05) is 9.50 Å². The molecule has 0 aliphatic rings. The Hall–Kier alpha value is -6.45. The Morgan fingerprint density at radius 3 is 1.00 bits per heavy atom. The molecule has 8 aromatic rings. The lowest BCUT2D eigenvalue weighted by Crippen LogP contribution is -2.05. The van der Waals surface area contributed by atoms with E-state index in [2.05, 4.69) is 211 Å². The van der Waals surface area contributed by atoms with Gasteiger partial charge in [-0.3, -0.25) is 0 Å². The lowest BCUT2D eigenvalue weighted by Gasteiger charge is -2.11. The van der Waals surface area contributed by atoms with Crippen LogP contribution in [0.3, 0.4) is 0 Å². The molecule has 0 aromatic heterocycles. The monoisotopic (exact) mass is 1160 g/mol. The third-order valence-electron chi connectivity index (χ3n) is 12.5. The van der Waals surface area contributed by atoms with Crippen molar-refractivity contribution in [1.82, 2.24) is 0 Å². The number of hydrogen-bond acceptors (Lipinski definition) is 3. The highest BCUT2D eigenvalue weighted by Crippen LogP contribution is 2.25. The summed E-state index contributed by atoms with van der Waals surface area (Å²) in [5.41, 5.74) is 11.4. The molecule has 426 valence electrons. The fourth-order valence-electron chi connectivity index (χ4n) is 7.19. The Morgan fingerprint density at radius 2 is 0.662 bits per heavy atom. The second-order valence-electron chi connectivity index (χ2n) is 22.1. The van der Waals surface area contributed by atoms with Gasteiger partial charge in [0.05, 0.1) is 17.7 Å². The summed E-state index contributed by atoms with van der Waals surface area (Å²) in [4.78, 5) is 0. The normalized spacial score (nSPS) is 10.4. The third-order valence-corrected chi connectivity index (χ3v) is 13.3. The molecule has 0 saturated carbocycles. The maximum absolute atomic E-state index is 12.4. The number of rotatable bonds is 11. The Bertz CT molecular complexity index is 2670. The van der Waals surface area contributed by atoms with Gasteiger partial charge >= 0.3 is 0 Å². The summed E-state index contributed by atoms with van der Waals surface area (Å²) in [5, 5.41) is 9.33. The van der Waals surface area contributed by atoms with E-state index in [1.807, 2.05) is 117 Å². The van der Waals surface area contributed by atoms with E-state index in [1.165, 1.54) is 56.6 Å². The summed E-state index contributed by atoms with van der Waals surface area (Å²) in [6, 6.07) is 68.0. The fraction of sp³-hybridized carbons (Fsp3) is 0.338. The number of hydrogen-bond donors (Lipinski definition) is 0. The predicted octanol–water partition coefficient (Wildman–Crippen LogP) is 24.0. The summed E-state index contributed by atoms with van der Waals surface area (Å²) in [6.45, 7) is 36.6. The number of para-hydroxylation sites is 1. The van der Waals surface area contributed by atoms with Gasteiger partial charge in [-0.15, -0.1) is 0 Å².